The van der Waals surface area contributed by atoms with Crippen LogP contribution in [0.1, 0.15) is 39.5 Å². The first-order valence-electron chi connectivity index (χ1n) is 6.38. The minimum Gasteiger partial charge on any atom is -0.312 e. The van der Waals surface area contributed by atoms with E-state index in [4.69, 9.17) is 5.73 Å². The molecule has 0 aromatic rings. The Balaban J connectivity index is 1.88. The molecule has 2 rings (SSSR count). The Labute approximate surface area is 98.6 Å². The summed E-state index contributed by atoms with van der Waals surface area (Å²) in [6.07, 6.45) is 4.73. The third-order valence-corrected chi connectivity index (χ3v) is 4.21. The van der Waals surface area contributed by atoms with E-state index in [0.29, 0.717) is 11.3 Å². The molecule has 2 fully saturated rings. The number of nitriles is 1. The first kappa shape index (κ1) is 11.9. The summed E-state index contributed by atoms with van der Waals surface area (Å²) in [5.41, 5.74) is 6.09. The fourth-order valence-corrected chi connectivity index (χ4v) is 2.54. The van der Waals surface area contributed by atoms with E-state index >= 15 is 0 Å². The first-order chi connectivity index (χ1) is 7.45. The van der Waals surface area contributed by atoms with E-state index in [-0.39, 0.29) is 0 Å². The van der Waals surface area contributed by atoms with E-state index in [0.717, 1.165) is 32.5 Å². The van der Waals surface area contributed by atoms with Crippen LogP contribution >= 0.6 is 0 Å². The molecule has 0 aromatic carbocycles. The fourth-order valence-electron chi connectivity index (χ4n) is 2.54. The zero-order valence-electron chi connectivity index (χ0n) is 10.5. The average Bonchev–Trinajstić information content (AvgIpc) is 3.05. The molecule has 2 N–H and O–H groups in total. The SMILES string of the molecule is CC1(C)CCN(CC(N)(C#N)C2CC2)CC1. The van der Waals surface area contributed by atoms with Crippen molar-refractivity contribution >= 4 is 0 Å². The summed E-state index contributed by atoms with van der Waals surface area (Å²) in [5, 5.41) is 9.23. The molecule has 90 valence electrons. The van der Waals surface area contributed by atoms with Crippen molar-refractivity contribution in [2.45, 2.75) is 45.1 Å². The molecule has 0 spiro atoms. The molecule has 0 radical (unpaired) electrons. The molecule has 1 aliphatic carbocycles. The number of piperidine rings is 1. The normalized spacial score (nSPS) is 29.4. The van der Waals surface area contributed by atoms with E-state index in [1.807, 2.05) is 0 Å². The van der Waals surface area contributed by atoms with Gasteiger partial charge < -0.3 is 10.6 Å². The highest BCUT2D eigenvalue weighted by Crippen LogP contribution is 2.39. The van der Waals surface area contributed by atoms with Crippen LogP contribution in [0.4, 0.5) is 0 Å². The van der Waals surface area contributed by atoms with E-state index < -0.39 is 5.54 Å². The molecule has 1 unspecified atom stereocenters. The highest BCUT2D eigenvalue weighted by Gasteiger charge is 2.44. The van der Waals surface area contributed by atoms with Gasteiger partial charge in [0.05, 0.1) is 6.07 Å². The molecule has 1 atom stereocenters. The Bertz CT molecular complexity index is 291. The van der Waals surface area contributed by atoms with Crippen molar-refractivity contribution in [3.05, 3.63) is 0 Å². The van der Waals surface area contributed by atoms with Crippen LogP contribution in [-0.2, 0) is 0 Å². The fraction of sp³-hybridized carbons (Fsp3) is 0.923. The van der Waals surface area contributed by atoms with Crippen molar-refractivity contribution < 1.29 is 0 Å². The van der Waals surface area contributed by atoms with Gasteiger partial charge in [-0.3, -0.25) is 0 Å². The molecule has 16 heavy (non-hydrogen) atoms. The lowest BCUT2D eigenvalue weighted by Crippen LogP contribution is -2.53. The predicted molar refractivity (Wildman–Crippen MR) is 64.7 cm³/mol. The summed E-state index contributed by atoms with van der Waals surface area (Å²) in [7, 11) is 0. The van der Waals surface area contributed by atoms with Crippen LogP contribution in [0.25, 0.3) is 0 Å². The summed E-state index contributed by atoms with van der Waals surface area (Å²) in [4.78, 5) is 2.38. The Morgan fingerprint density at radius 3 is 2.38 bits per heavy atom. The smallest absolute Gasteiger partial charge is 0.119 e. The maximum Gasteiger partial charge on any atom is 0.119 e. The van der Waals surface area contributed by atoms with E-state index in [9.17, 15) is 5.26 Å². The standard InChI is InChI=1S/C13H23N3/c1-12(2)5-7-16(8-6-12)10-13(15,9-14)11-3-4-11/h11H,3-8,10,15H2,1-2H3. The van der Waals surface area contributed by atoms with Crippen LogP contribution in [0.2, 0.25) is 0 Å². The van der Waals surface area contributed by atoms with Crippen molar-refractivity contribution in [3.8, 4) is 6.07 Å². The summed E-state index contributed by atoms with van der Waals surface area (Å²) in [5.74, 6) is 0.451. The van der Waals surface area contributed by atoms with Gasteiger partial charge in [-0.2, -0.15) is 5.26 Å². The Morgan fingerprint density at radius 2 is 1.94 bits per heavy atom. The maximum atomic E-state index is 9.23. The molecular formula is C13H23N3. The molecule has 3 nitrogen and oxygen atoms in total. The van der Waals surface area contributed by atoms with Crippen molar-refractivity contribution in [2.75, 3.05) is 19.6 Å². The third-order valence-electron chi connectivity index (χ3n) is 4.21. The number of nitrogens with two attached hydrogens (primary N) is 1. The van der Waals surface area contributed by atoms with Gasteiger partial charge >= 0.3 is 0 Å². The number of hydrogen-bond donors (Lipinski definition) is 1. The molecule has 1 heterocycles. The molecule has 1 aliphatic heterocycles. The second-order valence-corrected chi connectivity index (χ2v) is 6.37. The summed E-state index contributed by atoms with van der Waals surface area (Å²) in [6.45, 7) is 7.61. The largest absolute Gasteiger partial charge is 0.312 e. The van der Waals surface area contributed by atoms with Gasteiger partial charge in [0, 0.05) is 6.54 Å². The number of nitrogens with zero attached hydrogens (tertiary/aromatic N) is 2. The molecular weight excluding hydrogens is 198 g/mol. The minimum absolute atomic E-state index is 0.451. The summed E-state index contributed by atoms with van der Waals surface area (Å²) >= 11 is 0. The van der Waals surface area contributed by atoms with Gasteiger partial charge in [0.2, 0.25) is 0 Å². The lowest BCUT2D eigenvalue weighted by molar-refractivity contribution is 0.114. The molecule has 0 aromatic heterocycles. The third kappa shape index (κ3) is 2.56. The van der Waals surface area contributed by atoms with Crippen molar-refractivity contribution in [2.24, 2.45) is 17.1 Å². The molecule has 1 saturated carbocycles. The van der Waals surface area contributed by atoms with Gasteiger partial charge in [0.25, 0.3) is 0 Å². The Hall–Kier alpha value is -0.590. The highest BCUT2D eigenvalue weighted by molar-refractivity contribution is 5.14. The van der Waals surface area contributed by atoms with Crippen molar-refractivity contribution in [1.29, 1.82) is 5.26 Å². The quantitative estimate of drug-likeness (QED) is 0.789. The van der Waals surface area contributed by atoms with Gasteiger partial charge in [0.1, 0.15) is 5.54 Å². The molecule has 0 amide bonds. The maximum absolute atomic E-state index is 9.23. The van der Waals surface area contributed by atoms with Crippen LogP contribution in [-0.4, -0.2) is 30.1 Å². The topological polar surface area (TPSA) is 53.0 Å². The van der Waals surface area contributed by atoms with E-state index in [1.165, 1.54) is 12.8 Å². The average molecular weight is 221 g/mol. The van der Waals surface area contributed by atoms with Gasteiger partial charge in [-0.1, -0.05) is 13.8 Å². The van der Waals surface area contributed by atoms with Gasteiger partial charge in [-0.15, -0.1) is 0 Å². The second kappa shape index (κ2) is 4.01. The van der Waals surface area contributed by atoms with Gasteiger partial charge in [-0.05, 0) is 50.1 Å². The monoisotopic (exact) mass is 221 g/mol. The van der Waals surface area contributed by atoms with Crippen LogP contribution in [0.15, 0.2) is 0 Å². The molecule has 2 aliphatic rings. The molecule has 3 heteroatoms. The zero-order chi connectivity index (χ0) is 11.8. The predicted octanol–water partition coefficient (Wildman–Crippen LogP) is 1.74. The number of hydrogen-bond acceptors (Lipinski definition) is 3. The van der Waals surface area contributed by atoms with E-state index in [1.54, 1.807) is 0 Å². The van der Waals surface area contributed by atoms with Crippen LogP contribution < -0.4 is 5.73 Å². The number of rotatable bonds is 3. The van der Waals surface area contributed by atoms with Gasteiger partial charge in [-0.25, -0.2) is 0 Å². The lowest BCUT2D eigenvalue weighted by atomic mass is 9.82. The zero-order valence-corrected chi connectivity index (χ0v) is 10.5. The minimum atomic E-state index is -0.582. The number of likely N-dealkylation sites (tertiary alicyclic amines) is 1. The van der Waals surface area contributed by atoms with Crippen LogP contribution in [0, 0.1) is 22.7 Å². The summed E-state index contributed by atoms with van der Waals surface area (Å²) < 4.78 is 0. The lowest BCUT2D eigenvalue weighted by Gasteiger charge is -2.39. The van der Waals surface area contributed by atoms with Gasteiger partial charge in [0.15, 0.2) is 0 Å². The van der Waals surface area contributed by atoms with Crippen LogP contribution in [0.3, 0.4) is 0 Å². The second-order valence-electron chi connectivity index (χ2n) is 6.37. The van der Waals surface area contributed by atoms with E-state index in [2.05, 4.69) is 24.8 Å². The highest BCUT2D eigenvalue weighted by atomic mass is 15.2. The van der Waals surface area contributed by atoms with Crippen molar-refractivity contribution in [1.82, 2.24) is 4.90 Å². The Kier molecular flexibility index (Phi) is 2.98. The molecule has 1 saturated heterocycles. The molecule has 0 bridgehead atoms. The summed E-state index contributed by atoms with van der Waals surface area (Å²) in [6, 6.07) is 2.34. The van der Waals surface area contributed by atoms with Crippen LogP contribution in [0.5, 0.6) is 0 Å². The van der Waals surface area contributed by atoms with Crippen molar-refractivity contribution in [3.63, 3.8) is 0 Å². The Morgan fingerprint density at radius 1 is 1.38 bits per heavy atom. The first-order valence-corrected chi connectivity index (χ1v) is 6.38.